The Labute approximate surface area is 579 Å². The summed E-state index contributed by atoms with van der Waals surface area (Å²) in [6.07, 6.45) is 4.04. The number of thioether (sulfide) groups is 1. The van der Waals surface area contributed by atoms with Crippen molar-refractivity contribution < 1.29 is 68.1 Å². The monoisotopic (exact) mass is 1380 g/mol. The van der Waals surface area contributed by atoms with Crippen LogP contribution in [0.25, 0.3) is 0 Å². The maximum absolute atomic E-state index is 15.4. The zero-order chi connectivity index (χ0) is 74.5. The van der Waals surface area contributed by atoms with Crippen molar-refractivity contribution >= 4 is 76.7 Å². The number of allylic oxidation sites excluding steroid dienone is 2. The van der Waals surface area contributed by atoms with E-state index in [-0.39, 0.29) is 62.0 Å². The molecule has 96 heavy (non-hydrogen) atoms. The van der Waals surface area contributed by atoms with Crippen molar-refractivity contribution in [3.63, 3.8) is 0 Å². The van der Waals surface area contributed by atoms with Crippen molar-refractivity contribution in [2.45, 2.75) is 273 Å². The molecule has 0 radical (unpaired) electrons. The quantitative estimate of drug-likeness (QED) is 0.0583. The van der Waals surface area contributed by atoms with E-state index in [2.05, 4.69) is 21.3 Å². The van der Waals surface area contributed by atoms with Crippen LogP contribution >= 0.6 is 11.8 Å². The molecule has 0 aromatic rings. The summed E-state index contributed by atoms with van der Waals surface area (Å²) in [6, 6.07) is -14.5. The number of amides is 11. The van der Waals surface area contributed by atoms with Crippen molar-refractivity contribution in [3.8, 4) is 0 Å². The molecule has 1 aliphatic heterocycles. The van der Waals surface area contributed by atoms with Gasteiger partial charge in [-0.1, -0.05) is 95.2 Å². The van der Waals surface area contributed by atoms with Gasteiger partial charge < -0.3 is 70.9 Å². The molecule has 0 unspecified atom stereocenters. The minimum atomic E-state index is -1.67. The number of hydrogen-bond donors (Lipinski definition) is 7. The van der Waals surface area contributed by atoms with E-state index in [0.29, 0.717) is 25.0 Å². The summed E-state index contributed by atoms with van der Waals surface area (Å²) >= 11 is 1.35. The number of rotatable bonds is 22. The Morgan fingerprint density at radius 1 is 0.479 bits per heavy atom. The zero-order valence-corrected chi connectivity index (χ0v) is 64.0. The highest BCUT2D eigenvalue weighted by Gasteiger charge is 2.47. The standard InChI is InChI=1S/C70H127N11O14S/c1-27-29-32-45(13)57(82)56-61(86)73-48(28-2)63(88)79(24)53(39-96-34-31-30-33-69(16,17)94)66(91)78(23)52(38-70(18,19)95)60(85)74-54(43(9)10)67(92)75(20)49(35-40(3)4)59(84)71-46(14)58(83)72-47(15)62(87)76(21)50(36-41(5)6)64(89)77(22)51(37-42(7)8)65(90)80(25)55(44(11)12)68(93)81(56)26/h27,29,40-57,82,94-95H,28,30-39H2,1-26H3,(H,71,84)(H,72,83)(H,73,86)(H,74,85)/b29-27+/t45-,46+,47-,48+,49+,50+,51+,52+,53-,54+,55+,56+,57-/m1/s1. The molecule has 13 atom stereocenters. The molecule has 11 amide bonds. The third-order valence-electron chi connectivity index (χ3n) is 18.0. The van der Waals surface area contributed by atoms with Gasteiger partial charge in [0.2, 0.25) is 65.0 Å². The van der Waals surface area contributed by atoms with Gasteiger partial charge in [0.1, 0.15) is 66.5 Å². The Balaban J connectivity index is 4.58. The molecule has 25 nitrogen and oxygen atoms in total. The van der Waals surface area contributed by atoms with Crippen LogP contribution in [0.5, 0.6) is 0 Å². The van der Waals surface area contributed by atoms with Gasteiger partial charge in [-0.2, -0.15) is 11.8 Å². The fourth-order valence-corrected chi connectivity index (χ4v) is 13.1. The van der Waals surface area contributed by atoms with E-state index in [0.717, 1.165) is 9.80 Å². The molecule has 0 spiro atoms. The second-order valence-electron chi connectivity index (χ2n) is 30.0. The molecule has 0 aliphatic carbocycles. The normalized spacial score (nSPS) is 26.3. The third kappa shape index (κ3) is 26.4. The molecular weight excluding hydrogens is 1250 g/mol. The molecule has 1 aliphatic rings. The fourth-order valence-electron chi connectivity index (χ4n) is 11.9. The maximum Gasteiger partial charge on any atom is 0.246 e. The lowest BCUT2D eigenvalue weighted by molar-refractivity contribution is -0.157. The Hall–Kier alpha value is -5.86. The maximum atomic E-state index is 15.4. The second kappa shape index (κ2) is 39.7. The number of carbonyl (C=O) groups is 11. The van der Waals surface area contributed by atoms with Gasteiger partial charge in [0.05, 0.1) is 17.3 Å². The van der Waals surface area contributed by atoms with Gasteiger partial charge in [-0.3, -0.25) is 52.7 Å². The van der Waals surface area contributed by atoms with Crippen molar-refractivity contribution in [3.05, 3.63) is 12.2 Å². The van der Waals surface area contributed by atoms with E-state index in [4.69, 9.17) is 0 Å². The molecule has 7 N–H and O–H groups in total. The molecule has 1 fully saturated rings. The molecule has 0 aromatic carbocycles. The number of aliphatic hydroxyl groups excluding tert-OH is 1. The predicted molar refractivity (Wildman–Crippen MR) is 376 cm³/mol. The van der Waals surface area contributed by atoms with Gasteiger partial charge in [0, 0.05) is 61.5 Å². The van der Waals surface area contributed by atoms with Gasteiger partial charge >= 0.3 is 0 Å². The van der Waals surface area contributed by atoms with Crippen LogP contribution in [0.15, 0.2) is 12.2 Å². The van der Waals surface area contributed by atoms with E-state index in [1.807, 2.05) is 41.5 Å². The first-order chi connectivity index (χ1) is 44.1. The zero-order valence-electron chi connectivity index (χ0n) is 63.2. The Morgan fingerprint density at radius 2 is 0.917 bits per heavy atom. The summed E-state index contributed by atoms with van der Waals surface area (Å²) in [5.74, 6) is -9.99. The summed E-state index contributed by atoms with van der Waals surface area (Å²) in [4.78, 5) is 173. The highest BCUT2D eigenvalue weighted by Crippen LogP contribution is 2.27. The van der Waals surface area contributed by atoms with E-state index >= 15 is 28.8 Å². The summed E-state index contributed by atoms with van der Waals surface area (Å²) in [7, 11) is 9.81. The number of hydrogen-bond acceptors (Lipinski definition) is 15. The van der Waals surface area contributed by atoms with Crippen LogP contribution in [-0.2, 0) is 52.7 Å². The van der Waals surface area contributed by atoms with E-state index < -0.39 is 166 Å². The highest BCUT2D eigenvalue weighted by atomic mass is 32.2. The first-order valence-electron chi connectivity index (χ1n) is 34.5. The molecule has 0 aromatic heterocycles. The topological polar surface area (TPSA) is 319 Å². The average Bonchev–Trinajstić information content (AvgIpc) is 0.818. The molecule has 0 bridgehead atoms. The van der Waals surface area contributed by atoms with Crippen molar-refractivity contribution in [2.75, 3.05) is 60.8 Å². The van der Waals surface area contributed by atoms with Crippen molar-refractivity contribution in [1.82, 2.24) is 55.6 Å². The van der Waals surface area contributed by atoms with E-state index in [1.165, 1.54) is 113 Å². The van der Waals surface area contributed by atoms with Crippen LogP contribution in [0.1, 0.15) is 189 Å². The number of carbonyl (C=O) groups excluding carboxylic acids is 11. The highest BCUT2D eigenvalue weighted by molar-refractivity contribution is 7.99. The van der Waals surface area contributed by atoms with Crippen LogP contribution in [0.2, 0.25) is 0 Å². The number of nitrogens with zero attached hydrogens (tertiary/aromatic N) is 7. The predicted octanol–water partition coefficient (Wildman–Crippen LogP) is 4.43. The number of unbranched alkanes of at least 4 members (excludes halogenated alkanes) is 1. The van der Waals surface area contributed by atoms with Gasteiger partial charge in [-0.05, 0) is 141 Å². The minimum absolute atomic E-state index is 0.0226. The first-order valence-corrected chi connectivity index (χ1v) is 35.7. The lowest BCUT2D eigenvalue weighted by atomic mass is 9.91. The van der Waals surface area contributed by atoms with Gasteiger partial charge in [0.25, 0.3) is 0 Å². The Kier molecular flexibility index (Phi) is 36.4. The Morgan fingerprint density at radius 3 is 1.39 bits per heavy atom. The van der Waals surface area contributed by atoms with Crippen LogP contribution in [0.3, 0.4) is 0 Å². The molecule has 1 heterocycles. The van der Waals surface area contributed by atoms with Gasteiger partial charge in [-0.25, -0.2) is 0 Å². The number of aliphatic hydroxyl groups is 3. The summed E-state index contributed by atoms with van der Waals surface area (Å²) in [6.45, 7) is 32.3. The summed E-state index contributed by atoms with van der Waals surface area (Å²) in [5, 5.41) is 45.2. The lowest BCUT2D eigenvalue weighted by Gasteiger charge is -2.41. The Bertz CT molecular complexity index is 2620. The SMILES string of the molecule is C/C=C/C[C@@H](C)[C@@H](O)[C@H]1C(=O)N[C@@H](CC)C(=O)N(C)[C@H](CSCCCCC(C)(C)O)C(=O)N(C)[C@@H](CC(C)(C)O)C(=O)N[C@@H](C(C)C)C(=O)N(C)[C@@H](CC(C)C)C(=O)N[C@@H](C)C(=O)N[C@H](C)C(=O)N(C)[C@@H](CC(C)C)C(=O)N(C)[C@@H](CC(C)C)C(=O)N(C)[C@@H](C(C)C)C(=O)N1C. The molecule has 1 rings (SSSR count). The second-order valence-corrected chi connectivity index (χ2v) is 31.2. The average molecular weight is 1380 g/mol. The van der Waals surface area contributed by atoms with Crippen LogP contribution in [0.4, 0.5) is 0 Å². The van der Waals surface area contributed by atoms with Gasteiger partial charge in [-0.15, -0.1) is 0 Å². The largest absolute Gasteiger partial charge is 0.390 e. The van der Waals surface area contributed by atoms with Gasteiger partial charge in [0.15, 0.2) is 0 Å². The lowest BCUT2D eigenvalue weighted by Crippen LogP contribution is -2.64. The van der Waals surface area contributed by atoms with Crippen molar-refractivity contribution in [2.24, 2.45) is 35.5 Å². The molecule has 0 saturated carbocycles. The van der Waals surface area contributed by atoms with Crippen LogP contribution in [-0.4, -0.2) is 259 Å². The number of nitrogens with one attached hydrogen (secondary N) is 4. The number of likely N-dealkylation sites (N-methyl/N-ethyl adjacent to an activating group) is 7. The third-order valence-corrected chi connectivity index (χ3v) is 19.1. The smallest absolute Gasteiger partial charge is 0.246 e. The van der Waals surface area contributed by atoms with Crippen LogP contribution in [0, 0.1) is 35.5 Å². The van der Waals surface area contributed by atoms with E-state index in [1.54, 1.807) is 74.5 Å². The van der Waals surface area contributed by atoms with Crippen LogP contribution < -0.4 is 21.3 Å². The summed E-state index contributed by atoms with van der Waals surface area (Å²) in [5.41, 5.74) is -2.52. The molecule has 26 heteroatoms. The molecule has 552 valence electrons. The fraction of sp³-hybridized carbons (Fsp3) is 0.814. The van der Waals surface area contributed by atoms with E-state index in [9.17, 15) is 39.3 Å². The minimum Gasteiger partial charge on any atom is -0.390 e. The molecular formula is C70H127N11O14S. The summed E-state index contributed by atoms with van der Waals surface area (Å²) < 4.78 is 0. The molecule has 1 saturated heterocycles. The van der Waals surface area contributed by atoms with Crippen molar-refractivity contribution in [1.29, 1.82) is 0 Å². The first kappa shape index (κ1) is 88.2.